The van der Waals surface area contributed by atoms with Crippen molar-refractivity contribution >= 4 is 39.7 Å². The number of hydrogen-bond acceptors (Lipinski definition) is 10. The number of carbonyl (C=O) groups is 1. The Morgan fingerprint density at radius 3 is 2.71 bits per heavy atom. The first-order valence-corrected chi connectivity index (χ1v) is 13.6. The minimum Gasteiger partial charge on any atom is -0.402 e. The van der Waals surface area contributed by atoms with Crippen LogP contribution in [-0.4, -0.2) is 59.3 Å². The van der Waals surface area contributed by atoms with Gasteiger partial charge in [0.05, 0.1) is 24.0 Å². The second kappa shape index (κ2) is 10.9. The van der Waals surface area contributed by atoms with Gasteiger partial charge in [-0.25, -0.2) is 9.98 Å². The minimum atomic E-state index is -4.65. The average Bonchev–Trinajstić information content (AvgIpc) is 3.70. The van der Waals surface area contributed by atoms with Crippen molar-refractivity contribution in [2.24, 2.45) is 4.99 Å². The van der Waals surface area contributed by atoms with E-state index >= 15 is 0 Å². The molecular weight excluding hydrogens is 559 g/mol. The smallest absolute Gasteiger partial charge is 0.402 e. The predicted molar refractivity (Wildman–Crippen MR) is 147 cm³/mol. The number of ether oxygens (including phenoxy) is 1. The number of amides is 1. The van der Waals surface area contributed by atoms with Crippen LogP contribution in [0.15, 0.2) is 64.0 Å². The lowest BCUT2D eigenvalue weighted by molar-refractivity contribution is -0.137. The molecule has 0 radical (unpaired) electrons. The quantitative estimate of drug-likeness (QED) is 0.310. The van der Waals surface area contributed by atoms with E-state index in [9.17, 15) is 18.0 Å². The molecule has 1 saturated heterocycles. The number of thiazole rings is 1. The predicted octanol–water partition coefficient (Wildman–Crippen LogP) is 5.05. The molecule has 2 atom stereocenters. The number of aliphatic imine (C=N–C) groups is 1. The number of nitrogens with one attached hydrogen (secondary N) is 2. The van der Waals surface area contributed by atoms with Crippen LogP contribution in [0, 0.1) is 0 Å². The zero-order chi connectivity index (χ0) is 28.6. The Bertz CT molecular complexity index is 1590. The Hall–Kier alpha value is -4.30. The van der Waals surface area contributed by atoms with Crippen molar-refractivity contribution in [2.45, 2.75) is 31.2 Å². The van der Waals surface area contributed by atoms with Crippen molar-refractivity contribution in [3.8, 4) is 11.6 Å². The molecule has 41 heavy (non-hydrogen) atoms. The number of fused-ring (bicyclic) bond motifs is 1. The van der Waals surface area contributed by atoms with Crippen molar-refractivity contribution in [1.82, 2.24) is 15.2 Å². The van der Waals surface area contributed by atoms with Crippen molar-refractivity contribution in [3.05, 3.63) is 70.7 Å². The number of para-hydroxylation sites is 1. The summed E-state index contributed by atoms with van der Waals surface area (Å²) in [7, 11) is 1.55. The Balaban J connectivity index is 1.34. The number of anilines is 3. The Morgan fingerprint density at radius 2 is 1.93 bits per heavy atom. The van der Waals surface area contributed by atoms with Crippen LogP contribution < -0.4 is 15.5 Å². The van der Waals surface area contributed by atoms with Gasteiger partial charge in [0.2, 0.25) is 11.2 Å². The van der Waals surface area contributed by atoms with Crippen LogP contribution in [0.4, 0.5) is 29.9 Å². The second-order valence-corrected chi connectivity index (χ2v) is 10.4. The maximum Gasteiger partial charge on any atom is 0.443 e. The molecule has 0 spiro atoms. The lowest BCUT2D eigenvalue weighted by atomic mass is 10.0. The SMILES string of the molecule is COCC1CCCN1c1sc(C(F)(F)F)nc1-c1nnc(NC2N=C(c3ccccc3)c3ccccc3NC2=O)o1. The van der Waals surface area contributed by atoms with Crippen LogP contribution in [0.25, 0.3) is 11.6 Å². The van der Waals surface area contributed by atoms with E-state index in [4.69, 9.17) is 9.15 Å². The van der Waals surface area contributed by atoms with E-state index in [0.29, 0.717) is 35.9 Å². The van der Waals surface area contributed by atoms with Crippen molar-refractivity contribution < 1.29 is 27.1 Å². The summed E-state index contributed by atoms with van der Waals surface area (Å²) >= 11 is 0.527. The molecule has 0 aliphatic carbocycles. The molecule has 2 aromatic heterocycles. The van der Waals surface area contributed by atoms with Crippen molar-refractivity contribution in [3.63, 3.8) is 0 Å². The fraction of sp³-hybridized carbons (Fsp3) is 0.296. The first-order chi connectivity index (χ1) is 19.8. The fourth-order valence-corrected chi connectivity index (χ4v) is 5.93. The van der Waals surface area contributed by atoms with E-state index in [1.165, 1.54) is 0 Å². The molecule has 2 aliphatic rings. The number of methoxy groups -OCH3 is 1. The number of benzodiazepines with no additional fused rings is 1. The molecule has 4 aromatic rings. The number of benzene rings is 2. The van der Waals surface area contributed by atoms with Gasteiger partial charge in [-0.15, -0.1) is 5.10 Å². The first kappa shape index (κ1) is 26.9. The third kappa shape index (κ3) is 5.39. The molecule has 2 aromatic carbocycles. The molecule has 14 heteroatoms. The van der Waals surface area contributed by atoms with Gasteiger partial charge in [-0.1, -0.05) is 65.0 Å². The summed E-state index contributed by atoms with van der Waals surface area (Å²) in [6, 6.07) is 16.3. The van der Waals surface area contributed by atoms with Gasteiger partial charge in [0.25, 0.3) is 11.8 Å². The van der Waals surface area contributed by atoms with Gasteiger partial charge < -0.3 is 24.7 Å². The highest BCUT2D eigenvalue weighted by atomic mass is 32.1. The number of rotatable bonds is 7. The molecule has 2 aliphatic heterocycles. The summed E-state index contributed by atoms with van der Waals surface area (Å²) < 4.78 is 52.1. The highest BCUT2D eigenvalue weighted by Crippen LogP contribution is 2.44. The Morgan fingerprint density at radius 1 is 1.15 bits per heavy atom. The summed E-state index contributed by atoms with van der Waals surface area (Å²) in [5, 5.41) is 12.9. The molecule has 6 rings (SSSR count). The molecular formula is C27H24F3N7O3S. The van der Waals surface area contributed by atoms with Crippen LogP contribution in [0.5, 0.6) is 0 Å². The van der Waals surface area contributed by atoms with Crippen LogP contribution in [0.2, 0.25) is 0 Å². The summed E-state index contributed by atoms with van der Waals surface area (Å²) in [4.78, 5) is 23.5. The van der Waals surface area contributed by atoms with Gasteiger partial charge in [0.15, 0.2) is 5.69 Å². The van der Waals surface area contributed by atoms with Gasteiger partial charge in [-0.3, -0.25) is 4.79 Å². The second-order valence-electron chi connectivity index (χ2n) is 9.45. The van der Waals surface area contributed by atoms with Gasteiger partial charge in [-0.05, 0) is 18.9 Å². The highest BCUT2D eigenvalue weighted by Gasteiger charge is 2.40. The fourth-order valence-electron chi connectivity index (χ4n) is 4.91. The van der Waals surface area contributed by atoms with Crippen molar-refractivity contribution in [1.29, 1.82) is 0 Å². The normalized spacial score (nSPS) is 19.0. The van der Waals surface area contributed by atoms with Gasteiger partial charge in [0, 0.05) is 24.8 Å². The molecule has 4 heterocycles. The van der Waals surface area contributed by atoms with Crippen LogP contribution in [0.1, 0.15) is 29.0 Å². The number of hydrogen-bond donors (Lipinski definition) is 2. The zero-order valence-corrected chi connectivity index (χ0v) is 22.5. The standard InChI is InChI=1S/C27H24F3N7O3S/c1-39-14-16-10-7-13-37(16)24-20(33-25(41-24)27(28,29)30)23-35-36-26(40-23)34-21-22(38)31-18-12-6-5-11-17(18)19(32-21)15-8-3-2-4-9-15/h2-6,8-9,11-12,16,21H,7,10,13-14H2,1H3,(H,31,38)(H,34,36). The summed E-state index contributed by atoms with van der Waals surface area (Å²) in [6.45, 7) is 0.899. The van der Waals surface area contributed by atoms with E-state index < -0.39 is 23.3 Å². The largest absolute Gasteiger partial charge is 0.443 e. The van der Waals surface area contributed by atoms with E-state index in [1.54, 1.807) is 19.2 Å². The number of alkyl halides is 3. The zero-order valence-electron chi connectivity index (χ0n) is 21.7. The molecule has 212 valence electrons. The van der Waals surface area contributed by atoms with E-state index in [2.05, 4.69) is 30.8 Å². The summed E-state index contributed by atoms with van der Waals surface area (Å²) in [5.74, 6) is -0.682. The van der Waals surface area contributed by atoms with Crippen LogP contribution in [-0.2, 0) is 15.7 Å². The molecule has 2 N–H and O–H groups in total. The number of halogens is 3. The van der Waals surface area contributed by atoms with E-state index in [-0.39, 0.29) is 28.6 Å². The lowest BCUT2D eigenvalue weighted by Crippen LogP contribution is -2.32. The topological polar surface area (TPSA) is 118 Å². The number of carbonyl (C=O) groups excluding carboxylic acids is 1. The molecule has 1 amide bonds. The monoisotopic (exact) mass is 583 g/mol. The maximum absolute atomic E-state index is 13.7. The summed E-state index contributed by atoms with van der Waals surface area (Å²) in [6.07, 6.45) is -4.25. The third-order valence-corrected chi connectivity index (χ3v) is 7.87. The average molecular weight is 584 g/mol. The first-order valence-electron chi connectivity index (χ1n) is 12.8. The Kier molecular flexibility index (Phi) is 7.17. The minimum absolute atomic E-state index is 0.0722. The van der Waals surface area contributed by atoms with E-state index in [0.717, 1.165) is 24.0 Å². The van der Waals surface area contributed by atoms with Gasteiger partial charge >= 0.3 is 12.2 Å². The molecule has 1 fully saturated rings. The van der Waals surface area contributed by atoms with Crippen molar-refractivity contribution in [2.75, 3.05) is 35.8 Å². The third-order valence-electron chi connectivity index (χ3n) is 6.73. The molecule has 10 nitrogen and oxygen atoms in total. The molecule has 0 saturated carbocycles. The number of nitrogens with zero attached hydrogens (tertiary/aromatic N) is 5. The maximum atomic E-state index is 13.7. The molecule has 2 unspecified atom stereocenters. The van der Waals surface area contributed by atoms with Crippen LogP contribution in [0.3, 0.4) is 0 Å². The lowest BCUT2D eigenvalue weighted by Gasteiger charge is -2.24. The van der Waals surface area contributed by atoms with Gasteiger partial charge in [-0.2, -0.15) is 13.2 Å². The van der Waals surface area contributed by atoms with Crippen LogP contribution >= 0.6 is 11.3 Å². The van der Waals surface area contributed by atoms with E-state index in [1.807, 2.05) is 47.4 Å². The highest BCUT2D eigenvalue weighted by molar-refractivity contribution is 7.16. The van der Waals surface area contributed by atoms with Gasteiger partial charge in [0.1, 0.15) is 5.00 Å². The molecule has 0 bridgehead atoms. The Labute approximate surface area is 236 Å². The summed E-state index contributed by atoms with van der Waals surface area (Å²) in [5.41, 5.74) is 2.59. The number of aromatic nitrogens is 3.